The van der Waals surface area contributed by atoms with E-state index in [-0.39, 0.29) is 19.0 Å². The van der Waals surface area contributed by atoms with Gasteiger partial charge in [0.1, 0.15) is 0 Å². The van der Waals surface area contributed by atoms with E-state index in [1.54, 1.807) is 13.0 Å². The van der Waals surface area contributed by atoms with Crippen molar-refractivity contribution in [3.8, 4) is 5.75 Å². The third-order valence-electron chi connectivity index (χ3n) is 2.11. The zero-order valence-corrected chi connectivity index (χ0v) is 9.18. The number of halogens is 1. The maximum Gasteiger partial charge on any atom is 0.223 e. The number of benzene rings is 1. The van der Waals surface area contributed by atoms with Gasteiger partial charge < -0.3 is 14.4 Å². The predicted molar refractivity (Wildman–Crippen MR) is 55.7 cm³/mol. The normalized spacial score (nSPS) is 10.5. The van der Waals surface area contributed by atoms with E-state index in [0.717, 1.165) is 0 Å². The Morgan fingerprint density at radius 1 is 1.47 bits per heavy atom. The van der Waals surface area contributed by atoms with Crippen LogP contribution in [0.2, 0.25) is 0 Å². The minimum Gasteiger partial charge on any atom is -0.482 e. The van der Waals surface area contributed by atoms with Gasteiger partial charge in [-0.25, -0.2) is 4.39 Å². The number of hydrogen-bond acceptors (Lipinski definition) is 5. The topological polar surface area (TPSA) is 68.4 Å². The lowest BCUT2D eigenvalue weighted by atomic mass is 10.2. The molecule has 1 aromatic carbocycles. The molecule has 0 bridgehead atoms. The summed E-state index contributed by atoms with van der Waals surface area (Å²) in [7, 11) is 0. The molecule has 0 saturated carbocycles. The van der Waals surface area contributed by atoms with Gasteiger partial charge >= 0.3 is 0 Å². The summed E-state index contributed by atoms with van der Waals surface area (Å²) in [4.78, 5) is 3.92. The largest absolute Gasteiger partial charge is 0.482 e. The Hall–Kier alpha value is -1.95. The Morgan fingerprint density at radius 2 is 2.29 bits per heavy atom. The second-order valence-corrected chi connectivity index (χ2v) is 3.44. The molecule has 0 saturated heterocycles. The predicted octanol–water partition coefficient (Wildman–Crippen LogP) is 1.59. The van der Waals surface area contributed by atoms with Crippen LogP contribution in [0.3, 0.4) is 0 Å². The summed E-state index contributed by atoms with van der Waals surface area (Å²) >= 11 is 0. The van der Waals surface area contributed by atoms with E-state index in [1.807, 2.05) is 0 Å². The average Bonchev–Trinajstić information content (AvgIpc) is 2.73. The molecule has 17 heavy (non-hydrogen) atoms. The molecular formula is C11H11FN2O3. The molecule has 5 nitrogen and oxygen atoms in total. The van der Waals surface area contributed by atoms with E-state index < -0.39 is 5.82 Å². The van der Waals surface area contributed by atoms with Crippen molar-refractivity contribution in [3.05, 3.63) is 41.3 Å². The molecule has 90 valence electrons. The van der Waals surface area contributed by atoms with Crippen LogP contribution in [-0.2, 0) is 13.2 Å². The molecule has 2 rings (SSSR count). The highest BCUT2D eigenvalue weighted by molar-refractivity contribution is 5.29. The summed E-state index contributed by atoms with van der Waals surface area (Å²) in [6.07, 6.45) is 0. The van der Waals surface area contributed by atoms with E-state index in [1.165, 1.54) is 12.1 Å². The van der Waals surface area contributed by atoms with Gasteiger partial charge in [0.25, 0.3) is 0 Å². The van der Waals surface area contributed by atoms with Crippen LogP contribution in [-0.4, -0.2) is 15.2 Å². The summed E-state index contributed by atoms with van der Waals surface area (Å²) in [5.41, 5.74) is 0.491. The monoisotopic (exact) mass is 238 g/mol. The number of hydrogen-bond donors (Lipinski definition) is 1. The van der Waals surface area contributed by atoms with Gasteiger partial charge in [-0.05, 0) is 17.7 Å². The third-order valence-corrected chi connectivity index (χ3v) is 2.11. The van der Waals surface area contributed by atoms with Crippen LogP contribution < -0.4 is 4.74 Å². The van der Waals surface area contributed by atoms with Gasteiger partial charge in [-0.3, -0.25) is 0 Å². The first-order chi connectivity index (χ1) is 8.19. The molecule has 0 spiro atoms. The van der Waals surface area contributed by atoms with Crippen molar-refractivity contribution >= 4 is 0 Å². The fraction of sp³-hybridized carbons (Fsp3) is 0.273. The maximum absolute atomic E-state index is 13.4. The molecule has 0 fully saturated rings. The van der Waals surface area contributed by atoms with E-state index in [9.17, 15) is 4.39 Å². The summed E-state index contributed by atoms with van der Waals surface area (Å²) < 4.78 is 23.4. The molecule has 0 aliphatic rings. The Balaban J connectivity index is 2.04. The van der Waals surface area contributed by atoms with E-state index in [2.05, 4.69) is 10.1 Å². The molecule has 6 heteroatoms. The smallest absolute Gasteiger partial charge is 0.223 e. The van der Waals surface area contributed by atoms with Crippen molar-refractivity contribution in [1.29, 1.82) is 0 Å². The molecular weight excluding hydrogens is 227 g/mol. The first-order valence-corrected chi connectivity index (χ1v) is 5.00. The van der Waals surface area contributed by atoms with E-state index in [4.69, 9.17) is 14.4 Å². The average molecular weight is 238 g/mol. The fourth-order valence-corrected chi connectivity index (χ4v) is 1.30. The van der Waals surface area contributed by atoms with Crippen molar-refractivity contribution in [2.24, 2.45) is 0 Å². The van der Waals surface area contributed by atoms with E-state index >= 15 is 0 Å². The number of rotatable bonds is 4. The molecule has 0 atom stereocenters. The summed E-state index contributed by atoms with van der Waals surface area (Å²) in [5, 5.41) is 12.4. The lowest BCUT2D eigenvalue weighted by molar-refractivity contribution is 0.268. The lowest BCUT2D eigenvalue weighted by Crippen LogP contribution is -2.00. The molecule has 0 radical (unpaired) electrons. The minimum absolute atomic E-state index is 0.0345. The Labute approximate surface area is 96.8 Å². The van der Waals surface area contributed by atoms with Gasteiger partial charge in [-0.15, -0.1) is 0 Å². The van der Waals surface area contributed by atoms with Gasteiger partial charge in [0.2, 0.25) is 11.7 Å². The standard InChI is InChI=1S/C11H11FN2O3/c1-7-13-11(14-17-7)6-16-10-3-2-8(5-15)4-9(10)12/h2-4,15H,5-6H2,1H3. The summed E-state index contributed by atoms with van der Waals surface area (Å²) in [6, 6.07) is 4.25. The fourth-order valence-electron chi connectivity index (χ4n) is 1.30. The number of aromatic nitrogens is 2. The number of aliphatic hydroxyl groups is 1. The van der Waals surface area contributed by atoms with Crippen molar-refractivity contribution in [3.63, 3.8) is 0 Å². The highest BCUT2D eigenvalue weighted by Gasteiger charge is 2.07. The maximum atomic E-state index is 13.4. The number of aryl methyl sites for hydroxylation is 1. The van der Waals surface area contributed by atoms with Crippen LogP contribution >= 0.6 is 0 Å². The quantitative estimate of drug-likeness (QED) is 0.875. The number of aliphatic hydroxyl groups excluding tert-OH is 1. The van der Waals surface area contributed by atoms with Crippen LogP contribution in [0.1, 0.15) is 17.3 Å². The van der Waals surface area contributed by atoms with Crippen LogP contribution in [0.15, 0.2) is 22.7 Å². The van der Waals surface area contributed by atoms with Gasteiger partial charge in [-0.1, -0.05) is 11.2 Å². The SMILES string of the molecule is Cc1nc(COc2ccc(CO)cc2F)no1. The van der Waals surface area contributed by atoms with Gasteiger partial charge in [0.15, 0.2) is 18.2 Å². The molecule has 0 unspecified atom stereocenters. The van der Waals surface area contributed by atoms with Crippen molar-refractivity contribution < 1.29 is 18.8 Å². The highest BCUT2D eigenvalue weighted by atomic mass is 19.1. The highest BCUT2D eigenvalue weighted by Crippen LogP contribution is 2.19. The zero-order valence-electron chi connectivity index (χ0n) is 9.18. The van der Waals surface area contributed by atoms with Gasteiger partial charge in [0, 0.05) is 6.92 Å². The molecule has 1 N–H and O–H groups in total. The third kappa shape index (κ3) is 2.79. The first kappa shape index (κ1) is 11.5. The van der Waals surface area contributed by atoms with Crippen LogP contribution in [0, 0.1) is 12.7 Å². The van der Waals surface area contributed by atoms with Crippen molar-refractivity contribution in [2.75, 3.05) is 0 Å². The number of ether oxygens (including phenoxy) is 1. The second kappa shape index (κ2) is 4.92. The molecule has 0 aliphatic carbocycles. The van der Waals surface area contributed by atoms with Crippen LogP contribution in [0.5, 0.6) is 5.75 Å². The summed E-state index contributed by atoms with van der Waals surface area (Å²) in [6.45, 7) is 1.49. The molecule has 1 aromatic heterocycles. The molecule has 0 aliphatic heterocycles. The Morgan fingerprint density at radius 3 is 2.88 bits per heavy atom. The Bertz CT molecular complexity index is 513. The Kier molecular flexibility index (Phi) is 3.34. The lowest BCUT2D eigenvalue weighted by Gasteiger charge is -2.05. The van der Waals surface area contributed by atoms with Crippen molar-refractivity contribution in [1.82, 2.24) is 10.1 Å². The van der Waals surface area contributed by atoms with E-state index in [0.29, 0.717) is 17.3 Å². The number of nitrogens with zero attached hydrogens (tertiary/aromatic N) is 2. The summed E-state index contributed by atoms with van der Waals surface area (Å²) in [5.74, 6) is 0.342. The minimum atomic E-state index is -0.531. The van der Waals surface area contributed by atoms with Crippen molar-refractivity contribution in [2.45, 2.75) is 20.1 Å². The molecule has 1 heterocycles. The van der Waals surface area contributed by atoms with Gasteiger partial charge in [-0.2, -0.15) is 4.98 Å². The zero-order chi connectivity index (χ0) is 12.3. The first-order valence-electron chi connectivity index (χ1n) is 5.00. The van der Waals surface area contributed by atoms with Crippen LogP contribution in [0.4, 0.5) is 4.39 Å². The molecule has 2 aromatic rings. The van der Waals surface area contributed by atoms with Crippen LogP contribution in [0.25, 0.3) is 0 Å². The van der Waals surface area contributed by atoms with Gasteiger partial charge in [0.05, 0.1) is 6.61 Å². The molecule has 0 amide bonds. The second-order valence-electron chi connectivity index (χ2n) is 3.44.